The van der Waals surface area contributed by atoms with E-state index in [1.165, 1.54) is 37.2 Å². The molecule has 1 aliphatic heterocycles. The van der Waals surface area contributed by atoms with Crippen molar-refractivity contribution in [1.29, 1.82) is 0 Å². The van der Waals surface area contributed by atoms with Crippen LogP contribution in [0.15, 0.2) is 12.2 Å². The molecule has 0 amide bonds. The van der Waals surface area contributed by atoms with E-state index >= 15 is 0 Å². The topological polar surface area (TPSA) is 12.0 Å². The molecule has 1 atom stereocenters. The Morgan fingerprint density at radius 3 is 3.08 bits per heavy atom. The maximum atomic E-state index is 3.15. The van der Waals surface area contributed by atoms with E-state index in [-0.39, 0.29) is 0 Å². The smallest absolute Gasteiger partial charge is 0.00173 e. The van der Waals surface area contributed by atoms with Crippen molar-refractivity contribution in [2.45, 2.75) is 25.7 Å². The summed E-state index contributed by atoms with van der Waals surface area (Å²) in [4.78, 5) is 0. The van der Waals surface area contributed by atoms with Gasteiger partial charge in [-0.2, -0.15) is 11.8 Å². The van der Waals surface area contributed by atoms with Crippen LogP contribution in [0.2, 0.25) is 0 Å². The first-order valence-corrected chi connectivity index (χ1v) is 6.46. The molecule has 76 valence electrons. The molecule has 0 aromatic carbocycles. The van der Waals surface area contributed by atoms with E-state index in [9.17, 15) is 0 Å². The Hall–Kier alpha value is 0.0500. The van der Waals surface area contributed by atoms with Gasteiger partial charge in [0.25, 0.3) is 0 Å². The zero-order valence-electron chi connectivity index (χ0n) is 8.59. The van der Waals surface area contributed by atoms with Crippen molar-refractivity contribution in [3.8, 4) is 0 Å². The second-order valence-electron chi connectivity index (χ2n) is 3.68. The monoisotopic (exact) mass is 199 g/mol. The molecule has 1 heterocycles. The Labute approximate surface area is 86.4 Å². The second-order valence-corrected chi connectivity index (χ2v) is 4.83. The fraction of sp³-hybridized carbons (Fsp3) is 0.818. The van der Waals surface area contributed by atoms with Crippen LogP contribution >= 0.6 is 11.8 Å². The van der Waals surface area contributed by atoms with E-state index in [1.54, 1.807) is 0 Å². The Morgan fingerprint density at radius 1 is 1.46 bits per heavy atom. The minimum absolute atomic E-state index is 0.963. The molecule has 0 aromatic heterocycles. The van der Waals surface area contributed by atoms with Crippen LogP contribution in [-0.4, -0.2) is 25.1 Å². The van der Waals surface area contributed by atoms with Gasteiger partial charge in [-0.25, -0.2) is 0 Å². The average molecular weight is 199 g/mol. The number of hydrogen-bond acceptors (Lipinski definition) is 2. The van der Waals surface area contributed by atoms with Crippen LogP contribution in [0.4, 0.5) is 0 Å². The van der Waals surface area contributed by atoms with Gasteiger partial charge in [-0.3, -0.25) is 0 Å². The zero-order valence-corrected chi connectivity index (χ0v) is 9.41. The van der Waals surface area contributed by atoms with E-state index in [2.05, 4.69) is 29.2 Å². The molecule has 0 saturated carbocycles. The highest BCUT2D eigenvalue weighted by molar-refractivity contribution is 7.99. The fourth-order valence-corrected chi connectivity index (χ4v) is 2.80. The summed E-state index contributed by atoms with van der Waals surface area (Å²) in [6, 6.07) is 0. The molecule has 0 radical (unpaired) electrons. The molecule has 1 aliphatic rings. The molecule has 2 heteroatoms. The molecule has 0 bridgehead atoms. The summed E-state index contributed by atoms with van der Waals surface area (Å²) < 4.78 is 0. The summed E-state index contributed by atoms with van der Waals surface area (Å²) in [5, 5.41) is 3.15. The van der Waals surface area contributed by atoms with Crippen molar-refractivity contribution in [3.05, 3.63) is 12.2 Å². The third-order valence-corrected chi connectivity index (χ3v) is 3.74. The SMILES string of the molecule is CNCC/C=C\CC1CCCSC1. The van der Waals surface area contributed by atoms with E-state index in [0.717, 1.165) is 12.5 Å². The molecule has 1 fully saturated rings. The minimum atomic E-state index is 0.963. The number of allylic oxidation sites excluding steroid dienone is 1. The second kappa shape index (κ2) is 7.45. The molecular formula is C11H21NS. The highest BCUT2D eigenvalue weighted by Gasteiger charge is 2.11. The van der Waals surface area contributed by atoms with Crippen molar-refractivity contribution in [1.82, 2.24) is 5.32 Å². The first-order valence-electron chi connectivity index (χ1n) is 5.31. The van der Waals surface area contributed by atoms with Gasteiger partial charge in [-0.15, -0.1) is 0 Å². The first kappa shape index (κ1) is 11.1. The maximum absolute atomic E-state index is 3.15. The summed E-state index contributed by atoms with van der Waals surface area (Å²) in [6.07, 6.45) is 10.0. The Bertz CT molecular complexity index is 139. The highest BCUT2D eigenvalue weighted by atomic mass is 32.2. The van der Waals surface area contributed by atoms with Crippen molar-refractivity contribution >= 4 is 11.8 Å². The predicted molar refractivity (Wildman–Crippen MR) is 62.3 cm³/mol. The van der Waals surface area contributed by atoms with Gasteiger partial charge < -0.3 is 5.32 Å². The Kier molecular flexibility index (Phi) is 6.38. The Balaban J connectivity index is 2.00. The van der Waals surface area contributed by atoms with Gasteiger partial charge in [-0.05, 0) is 56.7 Å². The molecule has 1 rings (SSSR count). The first-order chi connectivity index (χ1) is 6.43. The molecule has 0 spiro atoms. The lowest BCUT2D eigenvalue weighted by molar-refractivity contribution is 0.530. The summed E-state index contributed by atoms with van der Waals surface area (Å²) in [5.41, 5.74) is 0. The average Bonchev–Trinajstić information content (AvgIpc) is 2.19. The van der Waals surface area contributed by atoms with Gasteiger partial charge >= 0.3 is 0 Å². The van der Waals surface area contributed by atoms with Crippen molar-refractivity contribution in [2.75, 3.05) is 25.1 Å². The largest absolute Gasteiger partial charge is 0.319 e. The van der Waals surface area contributed by atoms with Crippen LogP contribution < -0.4 is 5.32 Å². The number of hydrogen-bond donors (Lipinski definition) is 1. The van der Waals surface area contributed by atoms with Crippen molar-refractivity contribution in [3.63, 3.8) is 0 Å². The van der Waals surface area contributed by atoms with E-state index in [4.69, 9.17) is 0 Å². The van der Waals surface area contributed by atoms with Gasteiger partial charge in [0.05, 0.1) is 0 Å². The van der Waals surface area contributed by atoms with Gasteiger partial charge in [-0.1, -0.05) is 12.2 Å². The van der Waals surface area contributed by atoms with Gasteiger partial charge in [0, 0.05) is 0 Å². The van der Waals surface area contributed by atoms with Gasteiger partial charge in [0.2, 0.25) is 0 Å². The van der Waals surface area contributed by atoms with Crippen LogP contribution in [0.5, 0.6) is 0 Å². The quantitative estimate of drug-likeness (QED) is 0.540. The minimum Gasteiger partial charge on any atom is -0.319 e. The number of rotatable bonds is 5. The molecule has 0 aromatic rings. The zero-order chi connectivity index (χ0) is 9.36. The third-order valence-electron chi connectivity index (χ3n) is 2.45. The van der Waals surface area contributed by atoms with E-state index in [1.807, 2.05) is 7.05 Å². The summed E-state index contributed by atoms with van der Waals surface area (Å²) >= 11 is 2.13. The highest BCUT2D eigenvalue weighted by Crippen LogP contribution is 2.25. The third kappa shape index (κ3) is 5.37. The predicted octanol–water partition coefficient (Wildman–Crippen LogP) is 2.69. The maximum Gasteiger partial charge on any atom is -0.00173 e. The van der Waals surface area contributed by atoms with Gasteiger partial charge in [0.15, 0.2) is 0 Å². The normalized spacial score (nSPS) is 23.9. The fourth-order valence-electron chi connectivity index (χ4n) is 1.63. The van der Waals surface area contributed by atoms with Crippen LogP contribution in [0.25, 0.3) is 0 Å². The van der Waals surface area contributed by atoms with Crippen LogP contribution in [-0.2, 0) is 0 Å². The van der Waals surface area contributed by atoms with Gasteiger partial charge in [0.1, 0.15) is 0 Å². The van der Waals surface area contributed by atoms with Crippen molar-refractivity contribution < 1.29 is 0 Å². The van der Waals surface area contributed by atoms with E-state index in [0.29, 0.717) is 0 Å². The molecule has 1 N–H and O–H groups in total. The molecule has 0 aliphatic carbocycles. The van der Waals surface area contributed by atoms with Crippen LogP contribution in [0.1, 0.15) is 25.7 Å². The van der Waals surface area contributed by atoms with Crippen molar-refractivity contribution in [2.24, 2.45) is 5.92 Å². The summed E-state index contributed by atoms with van der Waals surface area (Å²) in [7, 11) is 2.01. The van der Waals surface area contributed by atoms with Crippen LogP contribution in [0, 0.1) is 5.92 Å². The number of nitrogens with one attached hydrogen (secondary N) is 1. The summed E-state index contributed by atoms with van der Waals surface area (Å²) in [6.45, 7) is 1.11. The summed E-state index contributed by atoms with van der Waals surface area (Å²) in [5.74, 6) is 3.74. The van der Waals surface area contributed by atoms with Crippen LogP contribution in [0.3, 0.4) is 0 Å². The lowest BCUT2D eigenvalue weighted by Gasteiger charge is -2.19. The van der Waals surface area contributed by atoms with E-state index < -0.39 is 0 Å². The molecule has 1 unspecified atom stereocenters. The number of thioether (sulfide) groups is 1. The molecule has 1 saturated heterocycles. The lowest BCUT2D eigenvalue weighted by atomic mass is 10.0. The lowest BCUT2D eigenvalue weighted by Crippen LogP contribution is -2.09. The molecule has 13 heavy (non-hydrogen) atoms. The standard InChI is InChI=1S/C11H21NS/c1-12-8-4-2-3-6-11-7-5-9-13-10-11/h2-3,11-12H,4-10H2,1H3/b3-2-. The molecule has 1 nitrogen and oxygen atoms in total. The molecular weight excluding hydrogens is 178 g/mol. The Morgan fingerprint density at radius 2 is 2.38 bits per heavy atom.